The first-order valence-corrected chi connectivity index (χ1v) is 25.0. The number of benzene rings is 4. The van der Waals surface area contributed by atoms with Crippen LogP contribution >= 0.6 is 0 Å². The molecular weight excluding hydrogens is 885 g/mol. The molecule has 372 valence electrons. The molecular formula is C56H70N6O8. The molecule has 6 heterocycles. The normalized spacial score (nSPS) is 17.5. The first-order valence-electron chi connectivity index (χ1n) is 25.0. The first kappa shape index (κ1) is 48.9. The molecule has 0 atom stereocenters. The van der Waals surface area contributed by atoms with Crippen molar-refractivity contribution in [3.63, 3.8) is 0 Å². The van der Waals surface area contributed by atoms with Crippen molar-refractivity contribution in [3.05, 3.63) is 128 Å². The van der Waals surface area contributed by atoms with Crippen LogP contribution in [0.1, 0.15) is 61.8 Å². The summed E-state index contributed by atoms with van der Waals surface area (Å²) in [5.41, 5.74) is 6.57. The van der Waals surface area contributed by atoms with Gasteiger partial charge in [0.05, 0.1) is 25.3 Å². The number of ether oxygens (including phenoxy) is 6. The Bertz CT molecular complexity index is 2720. The number of hydrogen-bond acceptors (Lipinski definition) is 12. The van der Waals surface area contributed by atoms with E-state index in [1.807, 2.05) is 71.5 Å². The zero-order valence-electron chi connectivity index (χ0n) is 41.9. The standard InChI is InChI=1S/2C28H35N3O4/c2*1-20-16-27(32)31(24-18-22(33-3)5-6-23(20)24)13-12-30-10-8-28(2,9-11-30)29-19-21-4-7-25-26(17-21)35-15-14-34-25/h2*4-7,16-18,29H,8-15,19H2,1-3H3. The Hall–Kier alpha value is -6.06. The maximum atomic E-state index is 12.8. The average Bonchev–Trinajstić information content (AvgIpc) is 3.38. The Morgan fingerprint density at radius 3 is 1.27 bits per heavy atom. The lowest BCUT2D eigenvalue weighted by Crippen LogP contribution is -2.51. The fraction of sp³-hybridized carbons (Fsp3) is 0.464. The summed E-state index contributed by atoms with van der Waals surface area (Å²) in [6.07, 6.45) is 4.26. The number of fused-ring (bicyclic) bond motifs is 4. The lowest BCUT2D eigenvalue weighted by molar-refractivity contribution is 0.141. The van der Waals surface area contributed by atoms with Gasteiger partial charge in [-0.2, -0.15) is 0 Å². The fourth-order valence-electron chi connectivity index (χ4n) is 10.2. The number of nitrogens with one attached hydrogen (secondary N) is 2. The van der Waals surface area contributed by atoms with E-state index in [9.17, 15) is 9.59 Å². The van der Waals surface area contributed by atoms with Crippen molar-refractivity contribution in [1.29, 1.82) is 0 Å². The third kappa shape index (κ3) is 11.4. The van der Waals surface area contributed by atoms with Crippen molar-refractivity contribution in [2.75, 3.05) is 79.9 Å². The molecule has 0 unspecified atom stereocenters. The Labute approximate surface area is 411 Å². The van der Waals surface area contributed by atoms with Crippen molar-refractivity contribution >= 4 is 21.8 Å². The second kappa shape index (κ2) is 21.5. The van der Waals surface area contributed by atoms with Gasteiger partial charge in [0, 0.05) is 85.4 Å². The Balaban J connectivity index is 0.000000174. The molecule has 0 amide bonds. The second-order valence-corrected chi connectivity index (χ2v) is 19.9. The van der Waals surface area contributed by atoms with Gasteiger partial charge in [-0.15, -0.1) is 0 Å². The van der Waals surface area contributed by atoms with Crippen LogP contribution in [0, 0.1) is 13.8 Å². The molecule has 0 aliphatic carbocycles. The SMILES string of the molecule is COc1ccc2c(C)cc(=O)n(CCN3CCC(C)(NCc4ccc5c(c4)OCCO5)CC3)c2c1.COc1ccc2c(C)cc(=O)n(CCN3CCC(C)(NCc4ccc5c(c4)OCCO5)CC3)c2c1. The van der Waals surface area contributed by atoms with E-state index in [-0.39, 0.29) is 22.2 Å². The van der Waals surface area contributed by atoms with Crippen LogP contribution in [-0.2, 0) is 26.2 Å². The van der Waals surface area contributed by atoms with Crippen LogP contribution < -0.4 is 50.2 Å². The highest BCUT2D eigenvalue weighted by molar-refractivity contribution is 5.84. The molecule has 2 N–H and O–H groups in total. The van der Waals surface area contributed by atoms with Gasteiger partial charge in [0.2, 0.25) is 0 Å². The van der Waals surface area contributed by atoms with E-state index < -0.39 is 0 Å². The lowest BCUT2D eigenvalue weighted by Gasteiger charge is -2.40. The number of methoxy groups -OCH3 is 2. The van der Waals surface area contributed by atoms with Gasteiger partial charge < -0.3 is 58.0 Å². The average molecular weight is 955 g/mol. The maximum Gasteiger partial charge on any atom is 0.251 e. The lowest BCUT2D eigenvalue weighted by atomic mass is 9.89. The molecule has 4 aliphatic rings. The number of nitrogens with zero attached hydrogens (tertiary/aromatic N) is 4. The molecule has 0 radical (unpaired) electrons. The smallest absolute Gasteiger partial charge is 0.251 e. The van der Waals surface area contributed by atoms with Crippen LogP contribution in [0.25, 0.3) is 21.8 Å². The number of aromatic nitrogens is 2. The highest BCUT2D eigenvalue weighted by Gasteiger charge is 2.31. The van der Waals surface area contributed by atoms with Gasteiger partial charge in [-0.25, -0.2) is 0 Å². The summed E-state index contributed by atoms with van der Waals surface area (Å²) in [6.45, 7) is 19.7. The Morgan fingerprint density at radius 2 is 0.886 bits per heavy atom. The molecule has 0 saturated carbocycles. The number of rotatable bonds is 14. The van der Waals surface area contributed by atoms with Crippen molar-refractivity contribution < 1.29 is 28.4 Å². The second-order valence-electron chi connectivity index (χ2n) is 19.9. The summed E-state index contributed by atoms with van der Waals surface area (Å²) in [5, 5.41) is 9.75. The first-order chi connectivity index (χ1) is 33.9. The molecule has 70 heavy (non-hydrogen) atoms. The molecule has 14 heteroatoms. The molecule has 6 aromatic rings. The van der Waals surface area contributed by atoms with Crippen molar-refractivity contribution in [1.82, 2.24) is 29.6 Å². The topological polar surface area (TPSA) is 130 Å². The largest absolute Gasteiger partial charge is 0.497 e. The number of aryl methyl sites for hydroxylation is 2. The zero-order chi connectivity index (χ0) is 48.8. The quantitative estimate of drug-likeness (QED) is 0.112. The molecule has 4 aliphatic heterocycles. The van der Waals surface area contributed by atoms with Gasteiger partial charge in [-0.05, 0) is 150 Å². The Morgan fingerprint density at radius 1 is 0.500 bits per heavy atom. The van der Waals surface area contributed by atoms with E-state index in [0.29, 0.717) is 39.5 Å². The summed E-state index contributed by atoms with van der Waals surface area (Å²) < 4.78 is 37.3. The molecule has 2 aromatic heterocycles. The van der Waals surface area contributed by atoms with Gasteiger partial charge in [0.15, 0.2) is 23.0 Å². The summed E-state index contributed by atoms with van der Waals surface area (Å²) in [5.74, 6) is 4.89. The van der Waals surface area contributed by atoms with Crippen molar-refractivity contribution in [2.45, 2.75) is 90.6 Å². The van der Waals surface area contributed by atoms with E-state index in [1.54, 1.807) is 26.4 Å². The molecule has 0 bridgehead atoms. The predicted octanol–water partition coefficient (Wildman–Crippen LogP) is 7.47. The highest BCUT2D eigenvalue weighted by atomic mass is 16.6. The van der Waals surface area contributed by atoms with E-state index in [1.165, 1.54) is 11.1 Å². The number of piperidine rings is 2. The summed E-state index contributed by atoms with van der Waals surface area (Å²) in [4.78, 5) is 30.6. The molecule has 0 spiro atoms. The Kier molecular flexibility index (Phi) is 15.0. The highest BCUT2D eigenvalue weighted by Crippen LogP contribution is 2.33. The minimum Gasteiger partial charge on any atom is -0.497 e. The van der Waals surface area contributed by atoms with Gasteiger partial charge >= 0.3 is 0 Å². The molecule has 2 fully saturated rings. The zero-order valence-corrected chi connectivity index (χ0v) is 41.9. The van der Waals surface area contributed by atoms with Crippen molar-refractivity contribution in [2.24, 2.45) is 0 Å². The number of likely N-dealkylation sites (tertiary alicyclic amines) is 2. The van der Waals surface area contributed by atoms with Gasteiger partial charge in [-0.3, -0.25) is 9.59 Å². The maximum absolute atomic E-state index is 12.8. The third-order valence-electron chi connectivity index (χ3n) is 14.9. The van der Waals surface area contributed by atoms with Gasteiger partial charge in [0.1, 0.15) is 37.9 Å². The summed E-state index contributed by atoms with van der Waals surface area (Å²) in [7, 11) is 3.32. The molecule has 2 saturated heterocycles. The monoisotopic (exact) mass is 955 g/mol. The fourth-order valence-corrected chi connectivity index (χ4v) is 10.2. The van der Waals surface area contributed by atoms with Crippen LogP contribution in [0.15, 0.2) is 94.5 Å². The van der Waals surface area contributed by atoms with Crippen molar-refractivity contribution in [3.8, 4) is 34.5 Å². The van der Waals surface area contributed by atoms with E-state index in [0.717, 1.165) is 145 Å². The van der Waals surface area contributed by atoms with Gasteiger partial charge in [0.25, 0.3) is 11.1 Å². The van der Waals surface area contributed by atoms with Crippen LogP contribution in [-0.4, -0.2) is 110 Å². The van der Waals surface area contributed by atoms with E-state index in [2.05, 4.69) is 58.5 Å². The third-order valence-corrected chi connectivity index (χ3v) is 14.9. The van der Waals surface area contributed by atoms with E-state index >= 15 is 0 Å². The molecule has 4 aromatic carbocycles. The van der Waals surface area contributed by atoms with Gasteiger partial charge in [-0.1, -0.05) is 12.1 Å². The van der Waals surface area contributed by atoms with E-state index in [4.69, 9.17) is 28.4 Å². The minimum atomic E-state index is 0.0474. The van der Waals surface area contributed by atoms with Crippen LogP contribution in [0.2, 0.25) is 0 Å². The molecule has 14 nitrogen and oxygen atoms in total. The van der Waals surface area contributed by atoms with Crippen LogP contribution in [0.5, 0.6) is 34.5 Å². The van der Waals surface area contributed by atoms with Crippen LogP contribution in [0.4, 0.5) is 0 Å². The molecule has 10 rings (SSSR count). The number of hydrogen-bond donors (Lipinski definition) is 2. The summed E-state index contributed by atoms with van der Waals surface area (Å²) >= 11 is 0. The van der Waals surface area contributed by atoms with Crippen LogP contribution in [0.3, 0.4) is 0 Å². The summed E-state index contributed by atoms with van der Waals surface area (Å²) in [6, 6.07) is 27.8. The number of pyridine rings is 2. The predicted molar refractivity (Wildman–Crippen MR) is 276 cm³/mol. The minimum absolute atomic E-state index is 0.0474.